The van der Waals surface area contributed by atoms with Crippen LogP contribution in [-0.4, -0.2) is 15.5 Å². The second-order valence-electron chi connectivity index (χ2n) is 6.83. The fraction of sp³-hybridized carbons (Fsp3) is 0.200. The van der Waals surface area contributed by atoms with Crippen molar-refractivity contribution in [3.63, 3.8) is 0 Å². The predicted octanol–water partition coefficient (Wildman–Crippen LogP) is 5.24. The summed E-state index contributed by atoms with van der Waals surface area (Å²) in [6.45, 7) is 6.22. The average molecular weight is 336 g/mol. The van der Waals surface area contributed by atoms with Crippen LogP contribution in [0, 0.1) is 5.82 Å². The lowest BCUT2D eigenvalue weighted by atomic mass is 10.1. The van der Waals surface area contributed by atoms with Crippen LogP contribution in [0.15, 0.2) is 60.7 Å². The number of nitrogens with zero attached hydrogens (tertiary/aromatic N) is 2. The van der Waals surface area contributed by atoms with Crippen molar-refractivity contribution in [2.45, 2.75) is 26.3 Å². The van der Waals surface area contributed by atoms with Crippen LogP contribution in [0.3, 0.4) is 0 Å². The van der Waals surface area contributed by atoms with E-state index in [2.05, 4.69) is 41.4 Å². The van der Waals surface area contributed by atoms with E-state index in [9.17, 15) is 4.39 Å². The molecule has 0 unspecified atom stereocenters. The third-order valence-corrected chi connectivity index (χ3v) is 3.38. The van der Waals surface area contributed by atoms with Gasteiger partial charge in [-0.1, -0.05) is 30.3 Å². The van der Waals surface area contributed by atoms with Gasteiger partial charge in [-0.2, -0.15) is 0 Å². The van der Waals surface area contributed by atoms with Gasteiger partial charge in [0.05, 0.1) is 0 Å². The smallest absolute Gasteiger partial charge is 0.163 e. The molecule has 25 heavy (non-hydrogen) atoms. The molecular weight excluding hydrogens is 315 g/mol. The molecule has 2 N–H and O–H groups in total. The molecule has 0 aliphatic carbocycles. The molecule has 0 fully saturated rings. The zero-order valence-corrected chi connectivity index (χ0v) is 14.5. The summed E-state index contributed by atoms with van der Waals surface area (Å²) in [5, 5.41) is 6.59. The molecule has 3 rings (SSSR count). The van der Waals surface area contributed by atoms with E-state index in [-0.39, 0.29) is 11.4 Å². The molecule has 0 spiro atoms. The third kappa shape index (κ3) is 4.76. The highest BCUT2D eigenvalue weighted by Gasteiger charge is 2.13. The Bertz CT molecular complexity index is 840. The third-order valence-electron chi connectivity index (χ3n) is 3.38. The van der Waals surface area contributed by atoms with Crippen molar-refractivity contribution in [3.8, 4) is 11.4 Å². The minimum atomic E-state index is -0.270. The first-order valence-corrected chi connectivity index (χ1v) is 8.14. The van der Waals surface area contributed by atoms with Crippen molar-refractivity contribution in [2.75, 3.05) is 10.6 Å². The van der Waals surface area contributed by atoms with Crippen LogP contribution in [0.1, 0.15) is 20.8 Å². The Morgan fingerprint density at radius 1 is 0.840 bits per heavy atom. The molecule has 1 aromatic heterocycles. The Morgan fingerprint density at radius 2 is 1.48 bits per heavy atom. The SMILES string of the molecule is CC(C)(C)Nc1cc(Nc2ccc(F)cc2)nc(-c2ccccc2)n1. The van der Waals surface area contributed by atoms with Gasteiger partial charge < -0.3 is 10.6 Å². The minimum Gasteiger partial charge on any atom is -0.365 e. The van der Waals surface area contributed by atoms with Gasteiger partial charge in [-0.25, -0.2) is 14.4 Å². The predicted molar refractivity (Wildman–Crippen MR) is 101 cm³/mol. The largest absolute Gasteiger partial charge is 0.365 e. The van der Waals surface area contributed by atoms with E-state index in [0.717, 1.165) is 17.1 Å². The standard InChI is InChI=1S/C20H21FN4/c1-20(2,3)25-18-13-17(22-16-11-9-15(21)10-12-16)23-19(24-18)14-7-5-4-6-8-14/h4-13H,1-3H3,(H2,22,23,24,25). The van der Waals surface area contributed by atoms with Crippen molar-refractivity contribution < 1.29 is 4.39 Å². The minimum absolute atomic E-state index is 0.130. The Labute approximate surface area is 147 Å². The van der Waals surface area contributed by atoms with Gasteiger partial charge in [0.2, 0.25) is 0 Å². The number of benzene rings is 2. The molecular formula is C20H21FN4. The molecule has 128 valence electrons. The number of rotatable bonds is 4. The van der Waals surface area contributed by atoms with Crippen LogP contribution >= 0.6 is 0 Å². The summed E-state index contributed by atoms with van der Waals surface area (Å²) in [5.74, 6) is 1.73. The molecule has 3 aromatic rings. The first-order chi connectivity index (χ1) is 11.9. The van der Waals surface area contributed by atoms with Crippen LogP contribution in [0.25, 0.3) is 11.4 Å². The Morgan fingerprint density at radius 3 is 2.12 bits per heavy atom. The quantitative estimate of drug-likeness (QED) is 0.684. The van der Waals surface area contributed by atoms with Crippen LogP contribution < -0.4 is 10.6 Å². The van der Waals surface area contributed by atoms with E-state index < -0.39 is 0 Å². The molecule has 0 radical (unpaired) electrons. The summed E-state index contributed by atoms with van der Waals surface area (Å²) in [6, 6.07) is 17.8. The van der Waals surface area contributed by atoms with Gasteiger partial charge in [0, 0.05) is 22.9 Å². The second kappa shape index (κ2) is 6.89. The van der Waals surface area contributed by atoms with Crippen molar-refractivity contribution in [2.24, 2.45) is 0 Å². The molecule has 0 amide bonds. The molecule has 0 bridgehead atoms. The first-order valence-electron chi connectivity index (χ1n) is 8.14. The maximum atomic E-state index is 13.1. The van der Waals surface area contributed by atoms with Crippen LogP contribution in [0.5, 0.6) is 0 Å². The molecule has 0 saturated carbocycles. The summed E-state index contributed by atoms with van der Waals surface area (Å²) in [4.78, 5) is 9.22. The van der Waals surface area contributed by atoms with Gasteiger partial charge in [-0.15, -0.1) is 0 Å². The van der Waals surface area contributed by atoms with E-state index in [1.165, 1.54) is 12.1 Å². The van der Waals surface area contributed by atoms with Gasteiger partial charge in [0.25, 0.3) is 0 Å². The molecule has 0 saturated heterocycles. The number of hydrogen-bond acceptors (Lipinski definition) is 4. The van der Waals surface area contributed by atoms with Crippen molar-refractivity contribution in [1.82, 2.24) is 9.97 Å². The maximum absolute atomic E-state index is 13.1. The van der Waals surface area contributed by atoms with Crippen molar-refractivity contribution in [3.05, 3.63) is 66.5 Å². The first kappa shape index (κ1) is 16.9. The van der Waals surface area contributed by atoms with Crippen LogP contribution in [0.2, 0.25) is 0 Å². The van der Waals surface area contributed by atoms with Crippen LogP contribution in [-0.2, 0) is 0 Å². The summed E-state index contributed by atoms with van der Waals surface area (Å²) in [7, 11) is 0. The fourth-order valence-corrected chi connectivity index (χ4v) is 2.36. The number of halogens is 1. The highest BCUT2D eigenvalue weighted by molar-refractivity contribution is 5.65. The summed E-state index contributed by atoms with van der Waals surface area (Å²) < 4.78 is 13.1. The molecule has 4 nitrogen and oxygen atoms in total. The lowest BCUT2D eigenvalue weighted by Crippen LogP contribution is -2.26. The van der Waals surface area contributed by atoms with E-state index in [1.54, 1.807) is 12.1 Å². The average Bonchev–Trinajstić information content (AvgIpc) is 2.56. The Balaban J connectivity index is 1.98. The highest BCUT2D eigenvalue weighted by atomic mass is 19.1. The molecule has 2 aromatic carbocycles. The zero-order valence-electron chi connectivity index (χ0n) is 14.5. The van der Waals surface area contributed by atoms with Crippen molar-refractivity contribution >= 4 is 17.3 Å². The second-order valence-corrected chi connectivity index (χ2v) is 6.83. The monoisotopic (exact) mass is 336 g/mol. The van der Waals surface area contributed by atoms with Gasteiger partial charge in [-0.05, 0) is 45.0 Å². The summed E-state index contributed by atoms with van der Waals surface area (Å²) in [6.07, 6.45) is 0. The topological polar surface area (TPSA) is 49.8 Å². The van der Waals surface area contributed by atoms with E-state index >= 15 is 0 Å². The molecule has 5 heteroatoms. The zero-order chi connectivity index (χ0) is 17.9. The van der Waals surface area contributed by atoms with E-state index in [1.807, 2.05) is 36.4 Å². The van der Waals surface area contributed by atoms with Gasteiger partial charge >= 0.3 is 0 Å². The summed E-state index contributed by atoms with van der Waals surface area (Å²) >= 11 is 0. The summed E-state index contributed by atoms with van der Waals surface area (Å²) in [5.41, 5.74) is 1.57. The van der Waals surface area contributed by atoms with Crippen LogP contribution in [0.4, 0.5) is 21.7 Å². The number of anilines is 3. The Kier molecular flexibility index (Phi) is 4.65. The number of aromatic nitrogens is 2. The van der Waals surface area contributed by atoms with Gasteiger partial charge in [-0.3, -0.25) is 0 Å². The molecule has 1 heterocycles. The maximum Gasteiger partial charge on any atom is 0.163 e. The molecule has 0 aliphatic rings. The lowest BCUT2D eigenvalue weighted by molar-refractivity contribution is 0.628. The van der Waals surface area contributed by atoms with Crippen molar-refractivity contribution in [1.29, 1.82) is 0 Å². The molecule has 0 aliphatic heterocycles. The highest BCUT2D eigenvalue weighted by Crippen LogP contribution is 2.24. The number of nitrogens with one attached hydrogen (secondary N) is 2. The fourth-order valence-electron chi connectivity index (χ4n) is 2.36. The Hall–Kier alpha value is -2.95. The van der Waals surface area contributed by atoms with Gasteiger partial charge in [0.1, 0.15) is 17.5 Å². The molecule has 0 atom stereocenters. The van der Waals surface area contributed by atoms with E-state index in [4.69, 9.17) is 0 Å². The normalized spacial score (nSPS) is 11.2. The number of hydrogen-bond donors (Lipinski definition) is 2. The van der Waals surface area contributed by atoms with E-state index in [0.29, 0.717) is 11.6 Å². The van der Waals surface area contributed by atoms with Gasteiger partial charge in [0.15, 0.2) is 5.82 Å². The lowest BCUT2D eigenvalue weighted by Gasteiger charge is -2.22.